The lowest BCUT2D eigenvalue weighted by Crippen LogP contribution is -2.52. The van der Waals surface area contributed by atoms with Crippen LogP contribution < -0.4 is 0 Å². The first-order valence-electron chi connectivity index (χ1n) is 8.17. The highest BCUT2D eigenvalue weighted by molar-refractivity contribution is 4.84. The molecular formula is C16H32N2O3. The molecule has 2 rings (SSSR count). The van der Waals surface area contributed by atoms with Gasteiger partial charge in [0.2, 0.25) is 0 Å². The topological polar surface area (TPSA) is 34.2 Å². The maximum atomic E-state index is 6.47. The summed E-state index contributed by atoms with van der Waals surface area (Å²) < 4.78 is 17.3. The van der Waals surface area contributed by atoms with Crippen LogP contribution in [0.25, 0.3) is 0 Å². The van der Waals surface area contributed by atoms with Crippen molar-refractivity contribution >= 4 is 0 Å². The van der Waals surface area contributed by atoms with Crippen LogP contribution in [0.4, 0.5) is 0 Å². The molecule has 2 saturated heterocycles. The van der Waals surface area contributed by atoms with Crippen LogP contribution in [0.3, 0.4) is 0 Å². The molecule has 0 aliphatic carbocycles. The SMILES string of the molecule is CC(C)(CN1CCOCC1)OC(C)(C)CN1CCOCC1. The van der Waals surface area contributed by atoms with E-state index in [1.165, 1.54) is 0 Å². The zero-order valence-electron chi connectivity index (χ0n) is 14.2. The van der Waals surface area contributed by atoms with Crippen molar-refractivity contribution in [3.05, 3.63) is 0 Å². The standard InChI is InChI=1S/C16H32N2O3/c1-15(2,13-17-5-9-19-10-6-17)21-16(3,4)14-18-7-11-20-12-8-18/h5-14H2,1-4H3. The van der Waals surface area contributed by atoms with E-state index in [2.05, 4.69) is 37.5 Å². The minimum atomic E-state index is -0.146. The van der Waals surface area contributed by atoms with Crippen LogP contribution in [0.5, 0.6) is 0 Å². The Morgan fingerprint density at radius 3 is 1.38 bits per heavy atom. The van der Waals surface area contributed by atoms with E-state index in [-0.39, 0.29) is 11.2 Å². The number of hydrogen-bond acceptors (Lipinski definition) is 5. The second-order valence-corrected chi connectivity index (χ2v) is 7.40. The molecule has 0 N–H and O–H groups in total. The van der Waals surface area contributed by atoms with Crippen molar-refractivity contribution in [2.45, 2.75) is 38.9 Å². The third kappa shape index (κ3) is 6.20. The summed E-state index contributed by atoms with van der Waals surface area (Å²) in [6, 6.07) is 0. The van der Waals surface area contributed by atoms with Crippen LogP contribution >= 0.6 is 0 Å². The van der Waals surface area contributed by atoms with Crippen LogP contribution in [0.15, 0.2) is 0 Å². The van der Waals surface area contributed by atoms with E-state index in [0.29, 0.717) is 0 Å². The van der Waals surface area contributed by atoms with Crippen molar-refractivity contribution < 1.29 is 14.2 Å². The Bertz CT molecular complexity index is 279. The van der Waals surface area contributed by atoms with Crippen LogP contribution in [0.2, 0.25) is 0 Å². The minimum Gasteiger partial charge on any atom is -0.379 e. The van der Waals surface area contributed by atoms with Crippen molar-refractivity contribution in [3.63, 3.8) is 0 Å². The lowest BCUT2D eigenvalue weighted by atomic mass is 10.0. The van der Waals surface area contributed by atoms with Crippen molar-refractivity contribution in [3.8, 4) is 0 Å². The summed E-state index contributed by atoms with van der Waals surface area (Å²) in [5.41, 5.74) is -0.291. The third-order valence-corrected chi connectivity index (χ3v) is 3.97. The molecule has 21 heavy (non-hydrogen) atoms. The molecule has 0 aromatic carbocycles. The molecule has 0 bridgehead atoms. The van der Waals surface area contributed by atoms with Crippen molar-refractivity contribution in [1.82, 2.24) is 9.80 Å². The minimum absolute atomic E-state index is 0.146. The van der Waals surface area contributed by atoms with Gasteiger partial charge in [0.15, 0.2) is 0 Å². The lowest BCUT2D eigenvalue weighted by molar-refractivity contribution is -0.150. The first kappa shape index (κ1) is 17.2. The molecule has 0 atom stereocenters. The van der Waals surface area contributed by atoms with Gasteiger partial charge in [0.25, 0.3) is 0 Å². The van der Waals surface area contributed by atoms with E-state index in [1.807, 2.05) is 0 Å². The van der Waals surface area contributed by atoms with Gasteiger partial charge < -0.3 is 14.2 Å². The predicted octanol–water partition coefficient (Wildman–Crippen LogP) is 1.22. The average molecular weight is 300 g/mol. The van der Waals surface area contributed by atoms with Crippen molar-refractivity contribution in [2.24, 2.45) is 0 Å². The normalized spacial score (nSPS) is 23.4. The molecule has 0 amide bonds. The fraction of sp³-hybridized carbons (Fsp3) is 1.00. The Labute approximate surface area is 129 Å². The van der Waals surface area contributed by atoms with E-state index in [4.69, 9.17) is 14.2 Å². The van der Waals surface area contributed by atoms with Crippen LogP contribution in [-0.4, -0.2) is 86.7 Å². The molecule has 0 radical (unpaired) electrons. The number of rotatable bonds is 6. The molecule has 0 saturated carbocycles. The van der Waals surface area contributed by atoms with Crippen molar-refractivity contribution in [2.75, 3.05) is 65.7 Å². The fourth-order valence-electron chi connectivity index (χ4n) is 3.41. The van der Waals surface area contributed by atoms with E-state index in [1.54, 1.807) is 0 Å². The number of ether oxygens (including phenoxy) is 3. The van der Waals surface area contributed by atoms with Gasteiger partial charge in [-0.1, -0.05) is 0 Å². The van der Waals surface area contributed by atoms with Crippen LogP contribution in [-0.2, 0) is 14.2 Å². The Hall–Kier alpha value is -0.200. The Morgan fingerprint density at radius 2 is 1.05 bits per heavy atom. The first-order chi connectivity index (χ1) is 9.86. The second kappa shape index (κ2) is 7.38. The van der Waals surface area contributed by atoms with E-state index >= 15 is 0 Å². The molecule has 2 aliphatic heterocycles. The largest absolute Gasteiger partial charge is 0.379 e. The molecule has 2 heterocycles. The van der Waals surface area contributed by atoms with Gasteiger partial charge >= 0.3 is 0 Å². The van der Waals surface area contributed by atoms with Crippen molar-refractivity contribution in [1.29, 1.82) is 0 Å². The van der Waals surface area contributed by atoms with E-state index in [0.717, 1.165) is 65.7 Å². The van der Waals surface area contributed by atoms with Crippen LogP contribution in [0.1, 0.15) is 27.7 Å². The molecule has 2 aliphatic rings. The van der Waals surface area contributed by atoms with E-state index in [9.17, 15) is 0 Å². The van der Waals surface area contributed by atoms with Gasteiger partial charge in [-0.3, -0.25) is 9.80 Å². The molecule has 0 unspecified atom stereocenters. The van der Waals surface area contributed by atoms with Gasteiger partial charge in [-0.05, 0) is 27.7 Å². The molecule has 5 nitrogen and oxygen atoms in total. The van der Waals surface area contributed by atoms with Gasteiger partial charge in [-0.25, -0.2) is 0 Å². The molecular weight excluding hydrogens is 268 g/mol. The van der Waals surface area contributed by atoms with Gasteiger partial charge in [-0.2, -0.15) is 0 Å². The third-order valence-electron chi connectivity index (χ3n) is 3.97. The summed E-state index contributed by atoms with van der Waals surface area (Å²) in [6.45, 7) is 18.1. The molecule has 2 fully saturated rings. The monoisotopic (exact) mass is 300 g/mol. The first-order valence-corrected chi connectivity index (χ1v) is 8.17. The smallest absolute Gasteiger partial charge is 0.0760 e. The molecule has 0 aromatic rings. The number of hydrogen-bond donors (Lipinski definition) is 0. The number of morpholine rings is 2. The molecule has 0 aromatic heterocycles. The Kier molecular flexibility index (Phi) is 6.03. The van der Waals surface area contributed by atoms with Gasteiger partial charge in [0, 0.05) is 39.3 Å². The van der Waals surface area contributed by atoms with Gasteiger partial charge in [0.05, 0.1) is 37.6 Å². The zero-order valence-corrected chi connectivity index (χ0v) is 14.2. The number of nitrogens with zero attached hydrogens (tertiary/aromatic N) is 2. The van der Waals surface area contributed by atoms with Crippen LogP contribution in [0, 0.1) is 0 Å². The highest BCUT2D eigenvalue weighted by Gasteiger charge is 2.33. The summed E-state index contributed by atoms with van der Waals surface area (Å²) >= 11 is 0. The predicted molar refractivity (Wildman–Crippen MR) is 83.8 cm³/mol. The fourth-order valence-corrected chi connectivity index (χ4v) is 3.41. The summed E-state index contributed by atoms with van der Waals surface area (Å²) in [4.78, 5) is 4.88. The zero-order chi connectivity index (χ0) is 15.3. The second-order valence-electron chi connectivity index (χ2n) is 7.40. The Balaban J connectivity index is 1.81. The summed E-state index contributed by atoms with van der Waals surface area (Å²) in [6.07, 6.45) is 0. The summed E-state index contributed by atoms with van der Waals surface area (Å²) in [5.74, 6) is 0. The molecule has 124 valence electrons. The highest BCUT2D eigenvalue weighted by Crippen LogP contribution is 2.23. The highest BCUT2D eigenvalue weighted by atomic mass is 16.5. The quantitative estimate of drug-likeness (QED) is 0.737. The summed E-state index contributed by atoms with van der Waals surface area (Å²) in [7, 11) is 0. The maximum absolute atomic E-state index is 6.47. The van der Waals surface area contributed by atoms with Gasteiger partial charge in [0.1, 0.15) is 0 Å². The van der Waals surface area contributed by atoms with Gasteiger partial charge in [-0.15, -0.1) is 0 Å². The maximum Gasteiger partial charge on any atom is 0.0760 e. The Morgan fingerprint density at radius 1 is 0.714 bits per heavy atom. The lowest BCUT2D eigenvalue weighted by Gasteiger charge is -2.42. The molecule has 0 spiro atoms. The molecule has 5 heteroatoms. The average Bonchev–Trinajstić information content (AvgIpc) is 2.38. The van der Waals surface area contributed by atoms with E-state index < -0.39 is 0 Å². The summed E-state index contributed by atoms with van der Waals surface area (Å²) in [5, 5.41) is 0.